The van der Waals surface area contributed by atoms with Crippen molar-refractivity contribution >= 4 is 33.9 Å². The average molecular weight is 235 g/mol. The van der Waals surface area contributed by atoms with Crippen molar-refractivity contribution in [2.75, 3.05) is 11.9 Å². The first-order valence-electron chi connectivity index (χ1n) is 4.07. The van der Waals surface area contributed by atoms with E-state index in [0.29, 0.717) is 17.3 Å². The molecule has 0 aliphatic heterocycles. The Balaban J connectivity index is 2.25. The van der Waals surface area contributed by atoms with Gasteiger partial charge in [0, 0.05) is 6.54 Å². The van der Waals surface area contributed by atoms with Gasteiger partial charge in [0.1, 0.15) is 6.04 Å². The van der Waals surface area contributed by atoms with E-state index in [0.717, 1.165) is 5.00 Å². The molecule has 0 aliphatic rings. The minimum atomic E-state index is -0.976. The van der Waals surface area contributed by atoms with Gasteiger partial charge in [-0.3, -0.25) is 4.79 Å². The highest BCUT2D eigenvalue weighted by molar-refractivity contribution is 7.19. The normalized spacial score (nSPS) is 12.4. The Labute approximate surface area is 90.7 Å². The van der Waals surface area contributed by atoms with Crippen molar-refractivity contribution in [1.29, 1.82) is 0 Å². The number of carboxylic acids is 1. The standard InChI is InChI=1S/C8H11ClN2O2S/c9-6-1-2-7(14-6)11-4-3-5(10)8(12)13/h1-2,5,11H,3-4,10H2,(H,12,13). The summed E-state index contributed by atoms with van der Waals surface area (Å²) in [4.78, 5) is 10.4. The summed E-state index contributed by atoms with van der Waals surface area (Å²) >= 11 is 7.13. The molecule has 4 nitrogen and oxygen atoms in total. The minimum absolute atomic E-state index is 0.394. The Morgan fingerprint density at radius 3 is 2.93 bits per heavy atom. The molecule has 1 unspecified atom stereocenters. The molecule has 1 aromatic rings. The summed E-state index contributed by atoms with van der Waals surface area (Å²) in [6.45, 7) is 0.532. The third-order valence-corrected chi connectivity index (χ3v) is 2.83. The third kappa shape index (κ3) is 3.53. The smallest absolute Gasteiger partial charge is 0.320 e. The third-order valence-electron chi connectivity index (χ3n) is 1.64. The Morgan fingerprint density at radius 1 is 1.71 bits per heavy atom. The molecular formula is C8H11ClN2O2S. The number of hydrogen-bond donors (Lipinski definition) is 3. The van der Waals surface area contributed by atoms with Gasteiger partial charge in [-0.05, 0) is 18.6 Å². The number of aliphatic carboxylic acids is 1. The fourth-order valence-electron chi connectivity index (χ4n) is 0.884. The fourth-order valence-corrected chi connectivity index (χ4v) is 1.85. The van der Waals surface area contributed by atoms with Crippen LogP contribution in [0.25, 0.3) is 0 Å². The summed E-state index contributed by atoms with van der Waals surface area (Å²) in [6.07, 6.45) is 0.394. The lowest BCUT2D eigenvalue weighted by Gasteiger charge is -2.06. The minimum Gasteiger partial charge on any atom is -0.480 e. The molecule has 1 rings (SSSR count). The maximum absolute atomic E-state index is 10.4. The topological polar surface area (TPSA) is 75.3 Å². The number of carboxylic acid groups (broad SMARTS) is 1. The summed E-state index contributed by atoms with van der Waals surface area (Å²) in [7, 11) is 0. The number of nitrogens with one attached hydrogen (secondary N) is 1. The zero-order chi connectivity index (χ0) is 10.6. The lowest BCUT2D eigenvalue weighted by atomic mass is 10.2. The van der Waals surface area contributed by atoms with Crippen LogP contribution in [0.1, 0.15) is 6.42 Å². The van der Waals surface area contributed by atoms with Gasteiger partial charge in [-0.15, -0.1) is 11.3 Å². The molecule has 78 valence electrons. The molecular weight excluding hydrogens is 224 g/mol. The van der Waals surface area contributed by atoms with Crippen LogP contribution in [0, 0.1) is 0 Å². The molecule has 0 amide bonds. The molecule has 0 fully saturated rings. The molecule has 14 heavy (non-hydrogen) atoms. The van der Waals surface area contributed by atoms with Gasteiger partial charge in [0.2, 0.25) is 0 Å². The largest absolute Gasteiger partial charge is 0.480 e. The fraction of sp³-hybridized carbons (Fsp3) is 0.375. The van der Waals surface area contributed by atoms with Crippen molar-refractivity contribution in [3.63, 3.8) is 0 Å². The number of nitrogens with two attached hydrogens (primary N) is 1. The van der Waals surface area contributed by atoms with Gasteiger partial charge >= 0.3 is 5.97 Å². The van der Waals surface area contributed by atoms with Crippen LogP contribution >= 0.6 is 22.9 Å². The van der Waals surface area contributed by atoms with Crippen LogP contribution in [0.3, 0.4) is 0 Å². The highest BCUT2D eigenvalue weighted by Crippen LogP contribution is 2.25. The van der Waals surface area contributed by atoms with E-state index >= 15 is 0 Å². The predicted octanol–water partition coefficient (Wildman–Crippen LogP) is 1.62. The molecule has 0 saturated heterocycles. The van der Waals surface area contributed by atoms with Gasteiger partial charge in [-0.25, -0.2) is 0 Å². The molecule has 0 bridgehead atoms. The van der Waals surface area contributed by atoms with Gasteiger partial charge in [0.25, 0.3) is 0 Å². The first-order valence-corrected chi connectivity index (χ1v) is 5.26. The van der Waals surface area contributed by atoms with Crippen LogP contribution in [0.5, 0.6) is 0 Å². The van der Waals surface area contributed by atoms with Crippen LogP contribution in [0.4, 0.5) is 5.00 Å². The summed E-state index contributed by atoms with van der Waals surface area (Å²) < 4.78 is 0.704. The Bertz CT molecular complexity index is 316. The zero-order valence-electron chi connectivity index (χ0n) is 7.37. The monoisotopic (exact) mass is 234 g/mol. The van der Waals surface area contributed by atoms with Crippen molar-refractivity contribution in [3.8, 4) is 0 Å². The second-order valence-corrected chi connectivity index (χ2v) is 4.48. The molecule has 0 saturated carbocycles. The molecule has 0 aliphatic carbocycles. The number of halogens is 1. The number of rotatable bonds is 5. The van der Waals surface area contributed by atoms with E-state index in [-0.39, 0.29) is 0 Å². The summed E-state index contributed by atoms with van der Waals surface area (Å²) in [5.41, 5.74) is 5.32. The van der Waals surface area contributed by atoms with E-state index in [1.807, 2.05) is 6.07 Å². The summed E-state index contributed by atoms with van der Waals surface area (Å²) in [5.74, 6) is -0.976. The Morgan fingerprint density at radius 2 is 2.43 bits per heavy atom. The zero-order valence-corrected chi connectivity index (χ0v) is 8.94. The van der Waals surface area contributed by atoms with Crippen molar-refractivity contribution in [1.82, 2.24) is 0 Å². The van der Waals surface area contributed by atoms with E-state index < -0.39 is 12.0 Å². The summed E-state index contributed by atoms with van der Waals surface area (Å²) in [5, 5.41) is 12.5. The van der Waals surface area contributed by atoms with E-state index in [1.165, 1.54) is 11.3 Å². The maximum Gasteiger partial charge on any atom is 0.320 e. The molecule has 4 N–H and O–H groups in total. The SMILES string of the molecule is NC(CCNc1ccc(Cl)s1)C(=O)O. The van der Waals surface area contributed by atoms with Crippen LogP contribution in [-0.4, -0.2) is 23.7 Å². The van der Waals surface area contributed by atoms with Gasteiger partial charge < -0.3 is 16.2 Å². The van der Waals surface area contributed by atoms with Crippen LogP contribution < -0.4 is 11.1 Å². The molecule has 0 radical (unpaired) electrons. The highest BCUT2D eigenvalue weighted by atomic mass is 35.5. The Hall–Kier alpha value is -0.780. The van der Waals surface area contributed by atoms with Crippen LogP contribution in [-0.2, 0) is 4.79 Å². The predicted molar refractivity (Wildman–Crippen MR) is 58.0 cm³/mol. The quantitative estimate of drug-likeness (QED) is 0.724. The molecule has 1 atom stereocenters. The van der Waals surface area contributed by atoms with E-state index in [4.69, 9.17) is 22.4 Å². The Kier molecular flexibility index (Phi) is 4.19. The van der Waals surface area contributed by atoms with Gasteiger partial charge in [0.05, 0.1) is 9.34 Å². The van der Waals surface area contributed by atoms with Crippen molar-refractivity contribution in [3.05, 3.63) is 16.5 Å². The van der Waals surface area contributed by atoms with Gasteiger partial charge in [-0.2, -0.15) is 0 Å². The van der Waals surface area contributed by atoms with E-state index in [2.05, 4.69) is 5.32 Å². The maximum atomic E-state index is 10.4. The van der Waals surface area contributed by atoms with Crippen molar-refractivity contribution in [2.45, 2.75) is 12.5 Å². The number of carbonyl (C=O) groups is 1. The van der Waals surface area contributed by atoms with E-state index in [9.17, 15) is 4.79 Å². The van der Waals surface area contributed by atoms with Crippen LogP contribution in [0.2, 0.25) is 4.34 Å². The van der Waals surface area contributed by atoms with Gasteiger partial charge in [-0.1, -0.05) is 11.6 Å². The lowest BCUT2D eigenvalue weighted by molar-refractivity contribution is -0.138. The summed E-state index contributed by atoms with van der Waals surface area (Å²) in [6, 6.07) is 2.82. The van der Waals surface area contributed by atoms with Crippen molar-refractivity contribution < 1.29 is 9.90 Å². The molecule has 0 aromatic carbocycles. The van der Waals surface area contributed by atoms with Crippen LogP contribution in [0.15, 0.2) is 12.1 Å². The first kappa shape index (κ1) is 11.3. The average Bonchev–Trinajstić information content (AvgIpc) is 2.51. The molecule has 1 aromatic heterocycles. The molecule has 6 heteroatoms. The lowest BCUT2D eigenvalue weighted by Crippen LogP contribution is -2.31. The number of hydrogen-bond acceptors (Lipinski definition) is 4. The number of thiophene rings is 1. The van der Waals surface area contributed by atoms with Crippen molar-refractivity contribution in [2.24, 2.45) is 5.73 Å². The first-order chi connectivity index (χ1) is 6.59. The van der Waals surface area contributed by atoms with Gasteiger partial charge in [0.15, 0.2) is 0 Å². The van der Waals surface area contributed by atoms with E-state index in [1.54, 1.807) is 6.07 Å². The highest BCUT2D eigenvalue weighted by Gasteiger charge is 2.10. The number of anilines is 1. The molecule has 0 spiro atoms. The molecule has 1 heterocycles. The second-order valence-electron chi connectivity index (χ2n) is 2.76. The second kappa shape index (κ2) is 5.19.